The first kappa shape index (κ1) is 10.3. The summed E-state index contributed by atoms with van der Waals surface area (Å²) in [6.45, 7) is 3.57. The van der Waals surface area contributed by atoms with Crippen LogP contribution in [0.1, 0.15) is 5.56 Å². The van der Waals surface area contributed by atoms with Crippen molar-refractivity contribution in [3.63, 3.8) is 0 Å². The molecule has 0 unspecified atom stereocenters. The van der Waals surface area contributed by atoms with Crippen LogP contribution in [0.3, 0.4) is 0 Å². The van der Waals surface area contributed by atoms with Crippen molar-refractivity contribution in [2.24, 2.45) is 0 Å². The Morgan fingerprint density at radius 1 is 1.42 bits per heavy atom. The summed E-state index contributed by atoms with van der Waals surface area (Å²) in [4.78, 5) is 0. The molecule has 0 aliphatic carbocycles. The molecule has 2 rings (SSSR count). The van der Waals surface area contributed by atoms with Gasteiger partial charge in [0.2, 0.25) is 0 Å². The summed E-state index contributed by atoms with van der Waals surface area (Å²) in [5.74, 6) is 0.918. The first-order chi connectivity index (χ1) is 5.36. The Kier molecular flexibility index (Phi) is 3.87. The summed E-state index contributed by atoms with van der Waals surface area (Å²) < 4.78 is 5.38. The Morgan fingerprint density at radius 3 is 3.08 bits per heavy atom. The van der Waals surface area contributed by atoms with Gasteiger partial charge in [-0.05, 0) is 13.0 Å². The van der Waals surface area contributed by atoms with E-state index in [1.165, 1.54) is 5.56 Å². The van der Waals surface area contributed by atoms with Crippen molar-refractivity contribution in [2.75, 3.05) is 13.2 Å². The van der Waals surface area contributed by atoms with Crippen LogP contribution < -0.4 is 4.74 Å². The van der Waals surface area contributed by atoms with Gasteiger partial charge in [0.25, 0.3) is 0 Å². The fraction of sp³-hybridized carbons (Fsp3) is 0.333. The van der Waals surface area contributed by atoms with Crippen LogP contribution in [0.5, 0.6) is 5.75 Å². The van der Waals surface area contributed by atoms with Crippen LogP contribution in [-0.2, 0) is 0 Å². The SMILES string of the molecule is Cc1ccc2c(c1)[N-]CCO2.[Ac]. The van der Waals surface area contributed by atoms with Crippen LogP contribution in [0, 0.1) is 51.0 Å². The van der Waals surface area contributed by atoms with E-state index >= 15 is 0 Å². The number of rotatable bonds is 0. The second kappa shape index (κ2) is 4.48. The van der Waals surface area contributed by atoms with Gasteiger partial charge in [-0.3, -0.25) is 0 Å². The topological polar surface area (TPSA) is 23.3 Å². The van der Waals surface area contributed by atoms with E-state index in [1.54, 1.807) is 0 Å². The zero-order valence-corrected chi connectivity index (χ0v) is 11.8. The third kappa shape index (κ3) is 2.14. The third-order valence-corrected chi connectivity index (χ3v) is 1.75. The number of fused-ring (bicyclic) bond motifs is 1. The van der Waals surface area contributed by atoms with E-state index in [0.29, 0.717) is 0 Å². The largest absolute Gasteiger partial charge is 0.679 e. The number of aryl methyl sites for hydroxylation is 1. The van der Waals surface area contributed by atoms with E-state index in [2.05, 4.69) is 18.3 Å². The molecule has 3 heteroatoms. The molecule has 0 atom stereocenters. The predicted octanol–water partition coefficient (Wildman–Crippen LogP) is 2.39. The molecule has 1 aromatic rings. The Morgan fingerprint density at radius 2 is 2.25 bits per heavy atom. The van der Waals surface area contributed by atoms with Crippen molar-refractivity contribution >= 4 is 5.69 Å². The van der Waals surface area contributed by atoms with Gasteiger partial charge in [0.05, 0.1) is 6.61 Å². The number of benzene rings is 1. The van der Waals surface area contributed by atoms with E-state index in [4.69, 9.17) is 4.74 Å². The molecule has 1 heterocycles. The molecule has 0 N–H and O–H groups in total. The zero-order chi connectivity index (χ0) is 7.68. The molecular formula is C9H10AcNO-. The Labute approximate surface area is 108 Å². The Hall–Kier alpha value is 0.262. The predicted molar refractivity (Wildman–Crippen MR) is 44.6 cm³/mol. The van der Waals surface area contributed by atoms with Gasteiger partial charge in [0, 0.05) is 44.1 Å². The monoisotopic (exact) mass is 375 g/mol. The molecule has 0 saturated carbocycles. The van der Waals surface area contributed by atoms with Crippen molar-refractivity contribution in [3.05, 3.63) is 29.1 Å². The van der Waals surface area contributed by atoms with Crippen LogP contribution >= 0.6 is 0 Å². The maximum absolute atomic E-state index is 5.38. The second-order valence-electron chi connectivity index (χ2n) is 2.70. The molecule has 1 radical (unpaired) electrons. The molecule has 0 fully saturated rings. The molecule has 1 aliphatic heterocycles. The number of nitrogens with zero attached hydrogens (tertiary/aromatic N) is 1. The molecule has 0 spiro atoms. The molecule has 0 amide bonds. The van der Waals surface area contributed by atoms with Crippen LogP contribution in [0.2, 0.25) is 0 Å². The van der Waals surface area contributed by atoms with Crippen LogP contribution in [-0.4, -0.2) is 13.2 Å². The molecule has 61 valence electrons. The molecular weight excluding hydrogens is 365 g/mol. The molecule has 1 aliphatic rings. The van der Waals surface area contributed by atoms with E-state index in [1.807, 2.05) is 12.1 Å². The maximum Gasteiger partial charge on any atom is 0.104 e. The van der Waals surface area contributed by atoms with Crippen LogP contribution in [0.4, 0.5) is 5.69 Å². The van der Waals surface area contributed by atoms with Crippen LogP contribution in [0.25, 0.3) is 5.32 Å². The fourth-order valence-electron chi connectivity index (χ4n) is 1.19. The maximum atomic E-state index is 5.38. The smallest absolute Gasteiger partial charge is 0.104 e. The van der Waals surface area contributed by atoms with Gasteiger partial charge in [-0.2, -0.15) is 0 Å². The van der Waals surface area contributed by atoms with Crippen molar-refractivity contribution in [1.29, 1.82) is 0 Å². The summed E-state index contributed by atoms with van der Waals surface area (Å²) in [7, 11) is 0. The minimum Gasteiger partial charge on any atom is -0.679 e. The Bertz CT molecular complexity index is 275. The minimum absolute atomic E-state index is 0. The number of hydrogen-bond donors (Lipinski definition) is 0. The van der Waals surface area contributed by atoms with E-state index in [0.717, 1.165) is 24.6 Å². The van der Waals surface area contributed by atoms with Gasteiger partial charge in [-0.25, -0.2) is 0 Å². The van der Waals surface area contributed by atoms with Crippen LogP contribution in [0.15, 0.2) is 18.2 Å². The first-order valence-corrected chi connectivity index (χ1v) is 3.77. The average molecular weight is 375 g/mol. The molecule has 1 aromatic carbocycles. The molecule has 0 aromatic heterocycles. The van der Waals surface area contributed by atoms with Gasteiger partial charge in [0.1, 0.15) is 5.75 Å². The number of hydrogen-bond acceptors (Lipinski definition) is 1. The van der Waals surface area contributed by atoms with E-state index in [9.17, 15) is 0 Å². The van der Waals surface area contributed by atoms with Gasteiger partial charge in [-0.15, -0.1) is 0 Å². The third-order valence-electron chi connectivity index (χ3n) is 1.75. The summed E-state index contributed by atoms with van der Waals surface area (Å²) in [6.07, 6.45) is 0. The van der Waals surface area contributed by atoms with Gasteiger partial charge in [0.15, 0.2) is 0 Å². The molecule has 0 saturated heterocycles. The Balaban J connectivity index is 0.000000720. The molecule has 12 heavy (non-hydrogen) atoms. The molecule has 2 nitrogen and oxygen atoms in total. The summed E-state index contributed by atoms with van der Waals surface area (Å²) in [5.41, 5.74) is 2.23. The van der Waals surface area contributed by atoms with Crippen molar-refractivity contribution < 1.29 is 48.8 Å². The van der Waals surface area contributed by atoms with Gasteiger partial charge in [-0.1, -0.05) is 29.9 Å². The minimum atomic E-state index is 0. The van der Waals surface area contributed by atoms with Gasteiger partial charge >= 0.3 is 0 Å². The first-order valence-electron chi connectivity index (χ1n) is 3.77. The standard InChI is InChI=1S/C9H10NO.Ac/c1-7-2-3-9-8(6-7)10-4-5-11-9;/h2-3,6H,4-5H2,1H3;/q-1;. The second-order valence-corrected chi connectivity index (χ2v) is 2.70. The quantitative estimate of drug-likeness (QED) is 0.683. The van der Waals surface area contributed by atoms with E-state index in [-0.39, 0.29) is 44.1 Å². The van der Waals surface area contributed by atoms with Crippen molar-refractivity contribution in [1.82, 2.24) is 0 Å². The average Bonchev–Trinajstić information content (AvgIpc) is 2.04. The summed E-state index contributed by atoms with van der Waals surface area (Å²) in [5, 5.41) is 4.33. The fourth-order valence-corrected chi connectivity index (χ4v) is 1.19. The van der Waals surface area contributed by atoms with Crippen molar-refractivity contribution in [3.8, 4) is 5.75 Å². The van der Waals surface area contributed by atoms with Gasteiger partial charge < -0.3 is 10.1 Å². The normalized spacial score (nSPS) is 13.4. The van der Waals surface area contributed by atoms with E-state index < -0.39 is 0 Å². The van der Waals surface area contributed by atoms with Crippen molar-refractivity contribution in [2.45, 2.75) is 6.92 Å². The summed E-state index contributed by atoms with van der Waals surface area (Å²) >= 11 is 0. The summed E-state index contributed by atoms with van der Waals surface area (Å²) in [6, 6.07) is 6.07. The molecule has 0 bridgehead atoms. The zero-order valence-electron chi connectivity index (χ0n) is 7.08. The number of ether oxygens (including phenoxy) is 1.